The normalized spacial score (nSPS) is 15.0. The lowest BCUT2D eigenvalue weighted by Gasteiger charge is -2.26. The Morgan fingerprint density at radius 3 is 1.73 bits per heavy atom. The van der Waals surface area contributed by atoms with Gasteiger partial charge in [0.15, 0.2) is 6.29 Å². The van der Waals surface area contributed by atoms with Gasteiger partial charge < -0.3 is 10.2 Å². The molecule has 0 heterocycles. The van der Waals surface area contributed by atoms with Crippen LogP contribution in [0.5, 0.6) is 0 Å². The summed E-state index contributed by atoms with van der Waals surface area (Å²) in [6.45, 7) is 4.06. The standard InChI is InChI=1S/C7H17NO2S/c1-5(2)11-6(7(9)10)8(3)4/h5-7,9-10H,1-4H3. The summed E-state index contributed by atoms with van der Waals surface area (Å²) in [5.74, 6) is 0. The number of hydrogen-bond donors (Lipinski definition) is 2. The summed E-state index contributed by atoms with van der Waals surface area (Å²) in [6, 6.07) is 0. The van der Waals surface area contributed by atoms with Gasteiger partial charge in [0.2, 0.25) is 0 Å². The number of nitrogens with zero attached hydrogens (tertiary/aromatic N) is 1. The molecule has 0 aromatic heterocycles. The SMILES string of the molecule is CC(C)SC(C(O)O)N(C)C. The molecule has 0 radical (unpaired) electrons. The monoisotopic (exact) mass is 179 g/mol. The zero-order valence-corrected chi connectivity index (χ0v) is 8.30. The van der Waals surface area contributed by atoms with Gasteiger partial charge in [-0.2, -0.15) is 0 Å². The Labute approximate surface area is 72.4 Å². The zero-order chi connectivity index (χ0) is 9.02. The Hall–Kier alpha value is 0.230. The van der Waals surface area contributed by atoms with Gasteiger partial charge >= 0.3 is 0 Å². The van der Waals surface area contributed by atoms with Gasteiger partial charge in [-0.25, -0.2) is 0 Å². The van der Waals surface area contributed by atoms with Gasteiger partial charge in [-0.1, -0.05) is 13.8 Å². The van der Waals surface area contributed by atoms with Crippen molar-refractivity contribution in [3.8, 4) is 0 Å². The van der Waals surface area contributed by atoms with Gasteiger partial charge in [0.25, 0.3) is 0 Å². The number of thioether (sulfide) groups is 1. The highest BCUT2D eigenvalue weighted by atomic mass is 32.2. The molecule has 0 saturated carbocycles. The fraction of sp³-hybridized carbons (Fsp3) is 1.00. The molecule has 0 aromatic carbocycles. The van der Waals surface area contributed by atoms with Crippen LogP contribution in [0.1, 0.15) is 13.8 Å². The summed E-state index contributed by atoms with van der Waals surface area (Å²) in [7, 11) is 3.67. The van der Waals surface area contributed by atoms with Crippen molar-refractivity contribution in [1.29, 1.82) is 0 Å². The number of likely N-dealkylation sites (N-methyl/N-ethyl adjacent to an activating group) is 1. The van der Waals surface area contributed by atoms with Crippen LogP contribution in [0.3, 0.4) is 0 Å². The molecule has 3 nitrogen and oxygen atoms in total. The van der Waals surface area contributed by atoms with Crippen LogP contribution in [-0.4, -0.2) is 46.1 Å². The summed E-state index contributed by atoms with van der Waals surface area (Å²) in [4.78, 5) is 1.80. The van der Waals surface area contributed by atoms with Crippen LogP contribution in [0, 0.1) is 0 Å². The maximum absolute atomic E-state index is 8.92. The second-order valence-electron chi connectivity index (χ2n) is 2.95. The molecular formula is C7H17NO2S. The highest BCUT2D eigenvalue weighted by molar-refractivity contribution is 8.00. The molecule has 0 bridgehead atoms. The van der Waals surface area contributed by atoms with E-state index in [9.17, 15) is 0 Å². The maximum Gasteiger partial charge on any atom is 0.176 e. The number of hydrogen-bond acceptors (Lipinski definition) is 4. The minimum Gasteiger partial charge on any atom is -0.366 e. The minimum atomic E-state index is -1.27. The van der Waals surface area contributed by atoms with E-state index < -0.39 is 6.29 Å². The summed E-state index contributed by atoms with van der Waals surface area (Å²) >= 11 is 1.54. The molecule has 0 rings (SSSR count). The highest BCUT2D eigenvalue weighted by Crippen LogP contribution is 2.20. The third-order valence-corrected chi connectivity index (χ3v) is 2.66. The van der Waals surface area contributed by atoms with E-state index in [0.717, 1.165) is 0 Å². The van der Waals surface area contributed by atoms with E-state index in [4.69, 9.17) is 10.2 Å². The van der Waals surface area contributed by atoms with E-state index in [-0.39, 0.29) is 5.37 Å². The largest absolute Gasteiger partial charge is 0.366 e. The lowest BCUT2D eigenvalue weighted by atomic mass is 10.5. The first-order valence-corrected chi connectivity index (χ1v) is 4.57. The maximum atomic E-state index is 8.92. The van der Waals surface area contributed by atoms with Crippen molar-refractivity contribution in [2.24, 2.45) is 0 Å². The van der Waals surface area contributed by atoms with Crippen molar-refractivity contribution in [2.75, 3.05) is 14.1 Å². The van der Waals surface area contributed by atoms with E-state index in [0.29, 0.717) is 5.25 Å². The van der Waals surface area contributed by atoms with E-state index in [2.05, 4.69) is 0 Å². The van der Waals surface area contributed by atoms with Crippen molar-refractivity contribution in [3.05, 3.63) is 0 Å². The average Bonchev–Trinajstić information content (AvgIpc) is 1.81. The van der Waals surface area contributed by atoms with Crippen LogP contribution in [0.15, 0.2) is 0 Å². The molecule has 68 valence electrons. The summed E-state index contributed by atoms with van der Waals surface area (Å²) in [5, 5.41) is 18.0. The third kappa shape index (κ3) is 4.63. The summed E-state index contributed by atoms with van der Waals surface area (Å²) < 4.78 is 0. The summed E-state index contributed by atoms with van der Waals surface area (Å²) in [5.41, 5.74) is 0. The van der Waals surface area contributed by atoms with E-state index in [1.807, 2.05) is 27.9 Å². The molecule has 0 aromatic rings. The molecule has 4 heteroatoms. The minimum absolute atomic E-state index is 0.227. The fourth-order valence-electron chi connectivity index (χ4n) is 0.738. The molecule has 0 aliphatic carbocycles. The number of aliphatic hydroxyl groups excluding tert-OH is 1. The smallest absolute Gasteiger partial charge is 0.176 e. The topological polar surface area (TPSA) is 43.7 Å². The molecular weight excluding hydrogens is 162 g/mol. The first-order valence-electron chi connectivity index (χ1n) is 3.63. The van der Waals surface area contributed by atoms with E-state index >= 15 is 0 Å². The quantitative estimate of drug-likeness (QED) is 0.610. The molecule has 0 saturated heterocycles. The Kier molecular flexibility index (Phi) is 5.08. The van der Waals surface area contributed by atoms with Crippen LogP contribution < -0.4 is 0 Å². The molecule has 2 N–H and O–H groups in total. The second-order valence-corrected chi connectivity index (χ2v) is 4.65. The molecule has 1 atom stereocenters. The molecule has 0 aliphatic heterocycles. The molecule has 1 unspecified atom stereocenters. The van der Waals surface area contributed by atoms with Crippen LogP contribution >= 0.6 is 11.8 Å². The van der Waals surface area contributed by atoms with Gasteiger partial charge in [-0.05, 0) is 14.1 Å². The first-order chi connectivity index (χ1) is 4.95. The Morgan fingerprint density at radius 1 is 1.18 bits per heavy atom. The van der Waals surface area contributed by atoms with Crippen molar-refractivity contribution in [2.45, 2.75) is 30.8 Å². The molecule has 0 fully saturated rings. The van der Waals surface area contributed by atoms with Gasteiger partial charge in [-0.15, -0.1) is 11.8 Å². The average molecular weight is 179 g/mol. The van der Waals surface area contributed by atoms with Crippen molar-refractivity contribution < 1.29 is 10.2 Å². The molecule has 0 amide bonds. The Morgan fingerprint density at radius 2 is 1.64 bits per heavy atom. The van der Waals surface area contributed by atoms with Gasteiger partial charge in [-0.3, -0.25) is 4.90 Å². The summed E-state index contributed by atoms with van der Waals surface area (Å²) in [6.07, 6.45) is -1.27. The van der Waals surface area contributed by atoms with Crippen LogP contribution in [0.25, 0.3) is 0 Å². The van der Waals surface area contributed by atoms with Crippen LogP contribution in [0.4, 0.5) is 0 Å². The molecule has 0 spiro atoms. The lowest BCUT2D eigenvalue weighted by molar-refractivity contribution is -0.0648. The van der Waals surface area contributed by atoms with Crippen molar-refractivity contribution >= 4 is 11.8 Å². The number of aliphatic hydroxyl groups is 2. The predicted molar refractivity (Wildman–Crippen MR) is 48.4 cm³/mol. The Bertz CT molecular complexity index is 98.6. The second kappa shape index (κ2) is 4.98. The fourth-order valence-corrected chi connectivity index (χ4v) is 1.68. The highest BCUT2D eigenvalue weighted by Gasteiger charge is 2.20. The first kappa shape index (κ1) is 11.2. The zero-order valence-electron chi connectivity index (χ0n) is 7.48. The van der Waals surface area contributed by atoms with E-state index in [1.165, 1.54) is 0 Å². The van der Waals surface area contributed by atoms with Gasteiger partial charge in [0.05, 0.1) is 0 Å². The molecule has 11 heavy (non-hydrogen) atoms. The van der Waals surface area contributed by atoms with Crippen LogP contribution in [0.2, 0.25) is 0 Å². The molecule has 0 aliphatic rings. The van der Waals surface area contributed by atoms with Gasteiger partial charge in [0.1, 0.15) is 5.37 Å². The van der Waals surface area contributed by atoms with Crippen molar-refractivity contribution in [3.63, 3.8) is 0 Å². The van der Waals surface area contributed by atoms with E-state index in [1.54, 1.807) is 16.7 Å². The lowest BCUT2D eigenvalue weighted by Crippen LogP contribution is -2.37. The van der Waals surface area contributed by atoms with Crippen LogP contribution in [-0.2, 0) is 0 Å². The van der Waals surface area contributed by atoms with Gasteiger partial charge in [0, 0.05) is 5.25 Å². The van der Waals surface area contributed by atoms with Crippen molar-refractivity contribution in [1.82, 2.24) is 4.90 Å². The number of rotatable bonds is 4. The Balaban J connectivity index is 3.90. The third-order valence-electron chi connectivity index (χ3n) is 1.18. The predicted octanol–water partition coefficient (Wildman–Crippen LogP) is 0.326.